The van der Waals surface area contributed by atoms with E-state index in [4.69, 9.17) is 16.3 Å². The van der Waals surface area contributed by atoms with E-state index in [1.165, 1.54) is 29.0 Å². The van der Waals surface area contributed by atoms with Gasteiger partial charge in [0.1, 0.15) is 11.6 Å². The maximum absolute atomic E-state index is 13.7. The molecule has 0 bridgehead atoms. The molecule has 3 aromatic heterocycles. The molecule has 3 heterocycles. The van der Waals surface area contributed by atoms with E-state index in [-0.39, 0.29) is 28.1 Å². The number of nitrogens with zero attached hydrogens (tertiary/aromatic N) is 5. The molecule has 0 aliphatic rings. The van der Waals surface area contributed by atoms with Gasteiger partial charge >= 0.3 is 0 Å². The van der Waals surface area contributed by atoms with Crippen molar-refractivity contribution in [3.63, 3.8) is 0 Å². The molecule has 0 atom stereocenters. The first-order valence-electron chi connectivity index (χ1n) is 11.2. The summed E-state index contributed by atoms with van der Waals surface area (Å²) in [5, 5.41) is 10.2. The fraction of sp³-hybridized carbons (Fsp3) is 0.0385. The third-order valence-electron chi connectivity index (χ3n) is 5.35. The lowest BCUT2D eigenvalue weighted by atomic mass is 10.2. The summed E-state index contributed by atoms with van der Waals surface area (Å²) in [6.45, 7) is 3.45. The topological polar surface area (TPSA) is 116 Å². The van der Waals surface area contributed by atoms with Crippen molar-refractivity contribution in [3.05, 3.63) is 101 Å². The van der Waals surface area contributed by atoms with Crippen molar-refractivity contribution in [1.29, 1.82) is 0 Å². The normalized spacial score (nSPS) is 10.8. The number of pyridine rings is 1. The van der Waals surface area contributed by atoms with E-state index in [0.29, 0.717) is 22.4 Å². The smallest absolute Gasteiger partial charge is 0.299 e. The van der Waals surface area contributed by atoms with Gasteiger partial charge in [0.2, 0.25) is 11.9 Å². The standard InChI is InChI=1S/C26H19ClFN7O3/c1-3-23(36)31-16-5-4-6-18(10-16)35-24-15(12-29-26(33-24)32-17-13-30-34(2)14-17)9-22(25(35)37)38-19-7-8-21(28)20(27)11-19/h3-14H,1H2,2H3,(H,31,36)(H,29,32,33). The van der Waals surface area contributed by atoms with E-state index < -0.39 is 17.3 Å². The maximum Gasteiger partial charge on any atom is 0.299 e. The van der Waals surface area contributed by atoms with Gasteiger partial charge in [-0.15, -0.1) is 0 Å². The molecule has 12 heteroatoms. The van der Waals surface area contributed by atoms with Gasteiger partial charge in [-0.2, -0.15) is 10.1 Å². The van der Waals surface area contributed by atoms with Crippen molar-refractivity contribution in [1.82, 2.24) is 24.3 Å². The summed E-state index contributed by atoms with van der Waals surface area (Å²) in [6, 6.07) is 11.9. The van der Waals surface area contributed by atoms with E-state index in [2.05, 4.69) is 32.3 Å². The molecule has 0 saturated heterocycles. The van der Waals surface area contributed by atoms with Crippen LogP contribution >= 0.6 is 11.6 Å². The lowest BCUT2D eigenvalue weighted by molar-refractivity contribution is -0.111. The molecule has 2 N–H and O–H groups in total. The summed E-state index contributed by atoms with van der Waals surface area (Å²) in [5.74, 6) is -0.696. The van der Waals surface area contributed by atoms with Gasteiger partial charge in [-0.1, -0.05) is 24.2 Å². The van der Waals surface area contributed by atoms with E-state index in [1.54, 1.807) is 48.4 Å². The Morgan fingerprint density at radius 1 is 1.16 bits per heavy atom. The van der Waals surface area contributed by atoms with Gasteiger partial charge in [0, 0.05) is 36.6 Å². The number of ether oxygens (including phenoxy) is 1. The second kappa shape index (κ2) is 10.1. The Morgan fingerprint density at radius 2 is 2.00 bits per heavy atom. The maximum atomic E-state index is 13.7. The van der Waals surface area contributed by atoms with Crippen molar-refractivity contribution >= 4 is 45.9 Å². The molecular formula is C26H19ClFN7O3. The van der Waals surface area contributed by atoms with Gasteiger partial charge < -0.3 is 15.4 Å². The molecule has 0 spiro atoms. The molecule has 5 aromatic rings. The van der Waals surface area contributed by atoms with Gasteiger partial charge in [0.15, 0.2) is 11.4 Å². The highest BCUT2D eigenvalue weighted by Gasteiger charge is 2.17. The highest BCUT2D eigenvalue weighted by molar-refractivity contribution is 6.30. The number of amides is 1. The summed E-state index contributed by atoms with van der Waals surface area (Å²) < 4.78 is 22.4. The third-order valence-corrected chi connectivity index (χ3v) is 5.64. The van der Waals surface area contributed by atoms with Crippen LogP contribution in [0.5, 0.6) is 11.5 Å². The lowest BCUT2D eigenvalue weighted by Gasteiger charge is -2.15. The van der Waals surface area contributed by atoms with Crippen molar-refractivity contribution in [3.8, 4) is 17.2 Å². The Labute approximate surface area is 220 Å². The fourth-order valence-electron chi connectivity index (χ4n) is 3.64. The molecule has 0 aliphatic heterocycles. The number of anilines is 3. The Bertz CT molecular complexity index is 1770. The average Bonchev–Trinajstić information content (AvgIpc) is 3.31. The minimum absolute atomic E-state index is 0.0720. The van der Waals surface area contributed by atoms with Gasteiger partial charge in [0.05, 0.1) is 22.6 Å². The van der Waals surface area contributed by atoms with Crippen molar-refractivity contribution in [2.45, 2.75) is 0 Å². The van der Waals surface area contributed by atoms with Crippen molar-refractivity contribution in [2.24, 2.45) is 7.05 Å². The summed E-state index contributed by atoms with van der Waals surface area (Å²) in [6.07, 6.45) is 6.03. The lowest BCUT2D eigenvalue weighted by Crippen LogP contribution is -2.21. The molecular weight excluding hydrogens is 513 g/mol. The number of fused-ring (bicyclic) bond motifs is 1. The minimum atomic E-state index is -0.615. The van der Waals surface area contributed by atoms with Crippen LogP contribution in [-0.4, -0.2) is 30.2 Å². The van der Waals surface area contributed by atoms with Crippen LogP contribution in [-0.2, 0) is 11.8 Å². The van der Waals surface area contributed by atoms with Crippen LogP contribution in [0.25, 0.3) is 16.7 Å². The highest BCUT2D eigenvalue weighted by Crippen LogP contribution is 2.28. The number of hydrogen-bond donors (Lipinski definition) is 2. The monoisotopic (exact) mass is 531 g/mol. The van der Waals surface area contributed by atoms with Crippen LogP contribution in [0.15, 0.2) is 84.6 Å². The molecule has 1 amide bonds. The van der Waals surface area contributed by atoms with Crippen LogP contribution in [0.2, 0.25) is 5.02 Å². The first-order valence-corrected chi connectivity index (χ1v) is 11.5. The number of aryl methyl sites for hydroxylation is 1. The number of halogens is 2. The number of benzene rings is 2. The summed E-state index contributed by atoms with van der Waals surface area (Å²) in [5.41, 5.74) is 1.20. The third kappa shape index (κ3) is 5.08. The SMILES string of the molecule is C=CC(=O)Nc1cccc(-n2c(=O)c(Oc3ccc(F)c(Cl)c3)cc3cnc(Nc4cnn(C)c4)nc32)c1. The Kier molecular flexibility index (Phi) is 6.58. The zero-order valence-electron chi connectivity index (χ0n) is 19.9. The van der Waals surface area contributed by atoms with Crippen LogP contribution in [0, 0.1) is 5.82 Å². The predicted molar refractivity (Wildman–Crippen MR) is 142 cm³/mol. The van der Waals surface area contributed by atoms with E-state index >= 15 is 0 Å². The highest BCUT2D eigenvalue weighted by atomic mass is 35.5. The number of rotatable bonds is 7. The summed E-state index contributed by atoms with van der Waals surface area (Å²) >= 11 is 5.89. The quantitative estimate of drug-likeness (QED) is 0.285. The largest absolute Gasteiger partial charge is 0.451 e. The first-order chi connectivity index (χ1) is 18.3. The zero-order chi connectivity index (χ0) is 26.8. The van der Waals surface area contributed by atoms with E-state index in [1.807, 2.05) is 0 Å². The molecule has 0 fully saturated rings. The molecule has 0 aliphatic carbocycles. The summed E-state index contributed by atoms with van der Waals surface area (Å²) in [4.78, 5) is 34.5. The van der Waals surface area contributed by atoms with E-state index in [9.17, 15) is 14.0 Å². The minimum Gasteiger partial charge on any atom is -0.451 e. The predicted octanol–water partition coefficient (Wildman–Crippen LogP) is 4.97. The number of aromatic nitrogens is 5. The number of carbonyl (C=O) groups excluding carboxylic acids is 1. The molecule has 10 nitrogen and oxygen atoms in total. The van der Waals surface area contributed by atoms with Crippen LogP contribution in [0.3, 0.4) is 0 Å². The molecule has 0 unspecified atom stereocenters. The number of nitrogens with one attached hydrogen (secondary N) is 2. The average molecular weight is 532 g/mol. The van der Waals surface area contributed by atoms with Gasteiger partial charge in [-0.25, -0.2) is 9.37 Å². The Balaban J connectivity index is 1.66. The van der Waals surface area contributed by atoms with Gasteiger partial charge in [-0.3, -0.25) is 18.8 Å². The summed E-state index contributed by atoms with van der Waals surface area (Å²) in [7, 11) is 1.78. The number of hydrogen-bond acceptors (Lipinski definition) is 7. The molecule has 0 radical (unpaired) electrons. The van der Waals surface area contributed by atoms with Crippen LogP contribution in [0.4, 0.5) is 21.7 Å². The first kappa shape index (κ1) is 24.7. The second-order valence-corrected chi connectivity index (χ2v) is 8.48. The van der Waals surface area contributed by atoms with Crippen molar-refractivity contribution in [2.75, 3.05) is 10.6 Å². The molecule has 0 saturated carbocycles. The van der Waals surface area contributed by atoms with Crippen LogP contribution < -0.4 is 20.9 Å². The molecule has 5 rings (SSSR count). The zero-order valence-corrected chi connectivity index (χ0v) is 20.6. The van der Waals surface area contributed by atoms with Crippen molar-refractivity contribution < 1.29 is 13.9 Å². The van der Waals surface area contributed by atoms with E-state index in [0.717, 1.165) is 12.1 Å². The van der Waals surface area contributed by atoms with Gasteiger partial charge in [-0.05, 0) is 42.5 Å². The molecule has 190 valence electrons. The van der Waals surface area contributed by atoms with Crippen LogP contribution in [0.1, 0.15) is 0 Å². The Hall–Kier alpha value is -5.03. The van der Waals surface area contributed by atoms with Gasteiger partial charge in [0.25, 0.3) is 5.56 Å². The second-order valence-electron chi connectivity index (χ2n) is 8.07. The fourth-order valence-corrected chi connectivity index (χ4v) is 3.81. The Morgan fingerprint density at radius 3 is 2.74 bits per heavy atom. The molecule has 2 aromatic carbocycles. The number of carbonyl (C=O) groups is 1. The molecule has 38 heavy (non-hydrogen) atoms.